The van der Waals surface area contributed by atoms with Crippen LogP contribution in [-0.4, -0.2) is 16.8 Å². The number of benzene rings is 2. The standard InChI is InChI=1S/C16H20O2/c1-11(2)12-4-5-14-9-15(16(3,18)10-17)7-6-13(14)8-12/h4-9,11,17-18H,10H2,1-3H3. The van der Waals surface area contributed by atoms with Gasteiger partial charge in [-0.25, -0.2) is 0 Å². The summed E-state index contributed by atoms with van der Waals surface area (Å²) in [4.78, 5) is 0. The number of rotatable bonds is 3. The Kier molecular flexibility index (Phi) is 3.42. The molecular formula is C16H20O2. The third-order valence-electron chi connectivity index (χ3n) is 3.46. The quantitative estimate of drug-likeness (QED) is 0.870. The zero-order chi connectivity index (χ0) is 13.3. The maximum Gasteiger partial charge on any atom is 0.110 e. The van der Waals surface area contributed by atoms with Gasteiger partial charge in [-0.05, 0) is 40.8 Å². The first-order chi connectivity index (χ1) is 8.44. The molecule has 0 aliphatic rings. The Bertz CT molecular complexity index is 556. The molecule has 18 heavy (non-hydrogen) atoms. The second kappa shape index (κ2) is 4.71. The molecule has 0 amide bonds. The molecule has 1 unspecified atom stereocenters. The minimum Gasteiger partial charge on any atom is -0.393 e. The summed E-state index contributed by atoms with van der Waals surface area (Å²) >= 11 is 0. The highest BCUT2D eigenvalue weighted by atomic mass is 16.3. The average Bonchev–Trinajstić information content (AvgIpc) is 2.37. The Hall–Kier alpha value is -1.38. The van der Waals surface area contributed by atoms with Crippen molar-refractivity contribution in [3.8, 4) is 0 Å². The third-order valence-corrected chi connectivity index (χ3v) is 3.46. The SMILES string of the molecule is CC(C)c1ccc2cc(C(C)(O)CO)ccc2c1. The van der Waals surface area contributed by atoms with Gasteiger partial charge in [0.05, 0.1) is 6.61 Å². The minimum absolute atomic E-state index is 0.275. The largest absolute Gasteiger partial charge is 0.393 e. The van der Waals surface area contributed by atoms with E-state index in [0.717, 1.165) is 10.9 Å². The lowest BCUT2D eigenvalue weighted by Crippen LogP contribution is -2.25. The van der Waals surface area contributed by atoms with E-state index in [4.69, 9.17) is 0 Å². The second-order valence-electron chi connectivity index (χ2n) is 5.41. The van der Waals surface area contributed by atoms with Gasteiger partial charge in [-0.15, -0.1) is 0 Å². The van der Waals surface area contributed by atoms with Gasteiger partial charge < -0.3 is 10.2 Å². The number of fused-ring (bicyclic) bond motifs is 1. The van der Waals surface area contributed by atoms with Gasteiger partial charge in [0.1, 0.15) is 5.60 Å². The Labute approximate surface area is 108 Å². The van der Waals surface area contributed by atoms with Crippen LogP contribution in [0.4, 0.5) is 0 Å². The van der Waals surface area contributed by atoms with Crippen molar-refractivity contribution in [2.45, 2.75) is 32.3 Å². The fourth-order valence-electron chi connectivity index (χ4n) is 2.05. The van der Waals surface area contributed by atoms with Gasteiger partial charge in [0.15, 0.2) is 0 Å². The monoisotopic (exact) mass is 244 g/mol. The van der Waals surface area contributed by atoms with Crippen molar-refractivity contribution in [3.05, 3.63) is 47.5 Å². The van der Waals surface area contributed by atoms with Gasteiger partial charge in [0, 0.05) is 0 Å². The highest BCUT2D eigenvalue weighted by Gasteiger charge is 2.21. The lowest BCUT2D eigenvalue weighted by molar-refractivity contribution is -0.00217. The molecule has 0 spiro atoms. The Morgan fingerprint density at radius 2 is 1.67 bits per heavy atom. The molecule has 0 aliphatic carbocycles. The molecule has 0 saturated heterocycles. The van der Waals surface area contributed by atoms with Crippen molar-refractivity contribution in [2.24, 2.45) is 0 Å². The van der Waals surface area contributed by atoms with Crippen LogP contribution in [-0.2, 0) is 5.60 Å². The van der Waals surface area contributed by atoms with Gasteiger partial charge in [0.2, 0.25) is 0 Å². The molecule has 0 bridgehead atoms. The van der Waals surface area contributed by atoms with Crippen LogP contribution in [0.3, 0.4) is 0 Å². The molecule has 0 radical (unpaired) electrons. The molecule has 2 N–H and O–H groups in total. The van der Waals surface area contributed by atoms with Crippen molar-refractivity contribution in [1.82, 2.24) is 0 Å². The van der Waals surface area contributed by atoms with Gasteiger partial charge in [-0.1, -0.05) is 44.2 Å². The van der Waals surface area contributed by atoms with Crippen molar-refractivity contribution in [1.29, 1.82) is 0 Å². The molecule has 0 saturated carbocycles. The van der Waals surface area contributed by atoms with Crippen LogP contribution in [0.5, 0.6) is 0 Å². The smallest absolute Gasteiger partial charge is 0.110 e. The fourth-order valence-corrected chi connectivity index (χ4v) is 2.05. The molecule has 0 aromatic heterocycles. The van der Waals surface area contributed by atoms with E-state index in [1.165, 1.54) is 10.9 Å². The first-order valence-corrected chi connectivity index (χ1v) is 6.31. The molecule has 2 heteroatoms. The van der Waals surface area contributed by atoms with Crippen LogP contribution in [0, 0.1) is 0 Å². The second-order valence-corrected chi connectivity index (χ2v) is 5.41. The lowest BCUT2D eigenvalue weighted by atomic mass is 9.93. The van der Waals surface area contributed by atoms with Crippen molar-refractivity contribution in [3.63, 3.8) is 0 Å². The zero-order valence-electron chi connectivity index (χ0n) is 11.1. The highest BCUT2D eigenvalue weighted by Crippen LogP contribution is 2.26. The average molecular weight is 244 g/mol. The van der Waals surface area contributed by atoms with E-state index < -0.39 is 5.60 Å². The summed E-state index contributed by atoms with van der Waals surface area (Å²) in [5.41, 5.74) is 0.879. The van der Waals surface area contributed by atoms with Crippen molar-refractivity contribution < 1.29 is 10.2 Å². The Balaban J connectivity index is 2.51. The zero-order valence-corrected chi connectivity index (χ0v) is 11.1. The maximum absolute atomic E-state index is 10.0. The molecule has 1 atom stereocenters. The van der Waals surface area contributed by atoms with E-state index in [0.29, 0.717) is 5.92 Å². The molecule has 2 rings (SSSR count). The number of hydrogen-bond acceptors (Lipinski definition) is 2. The number of aliphatic hydroxyl groups excluding tert-OH is 1. The fraction of sp³-hybridized carbons (Fsp3) is 0.375. The van der Waals surface area contributed by atoms with E-state index >= 15 is 0 Å². The van der Waals surface area contributed by atoms with Crippen LogP contribution in [0.25, 0.3) is 10.8 Å². The highest BCUT2D eigenvalue weighted by molar-refractivity contribution is 5.84. The summed E-state index contributed by atoms with van der Waals surface area (Å²) in [6.45, 7) is 5.69. The summed E-state index contributed by atoms with van der Waals surface area (Å²) in [5.74, 6) is 0.509. The van der Waals surface area contributed by atoms with Crippen LogP contribution in [0.1, 0.15) is 37.8 Å². The van der Waals surface area contributed by atoms with E-state index in [2.05, 4.69) is 32.0 Å². The summed E-state index contributed by atoms with van der Waals surface area (Å²) in [7, 11) is 0. The predicted molar refractivity (Wildman–Crippen MR) is 74.7 cm³/mol. The summed E-state index contributed by atoms with van der Waals surface area (Å²) in [5, 5.41) is 21.5. The molecule has 2 nitrogen and oxygen atoms in total. The Morgan fingerprint density at radius 3 is 2.28 bits per heavy atom. The van der Waals surface area contributed by atoms with Gasteiger partial charge in [-0.3, -0.25) is 0 Å². The van der Waals surface area contributed by atoms with Crippen molar-refractivity contribution >= 4 is 10.8 Å². The molecule has 0 aliphatic heterocycles. The Morgan fingerprint density at radius 1 is 1.06 bits per heavy atom. The van der Waals surface area contributed by atoms with Gasteiger partial charge in [0.25, 0.3) is 0 Å². The summed E-state index contributed by atoms with van der Waals surface area (Å²) in [6, 6.07) is 12.2. The van der Waals surface area contributed by atoms with Gasteiger partial charge in [-0.2, -0.15) is 0 Å². The minimum atomic E-state index is -1.18. The van der Waals surface area contributed by atoms with Crippen molar-refractivity contribution in [2.75, 3.05) is 6.61 Å². The maximum atomic E-state index is 10.0. The molecular weight excluding hydrogens is 224 g/mol. The molecule has 0 heterocycles. The first-order valence-electron chi connectivity index (χ1n) is 6.31. The number of aliphatic hydroxyl groups is 2. The summed E-state index contributed by atoms with van der Waals surface area (Å²) in [6.07, 6.45) is 0. The molecule has 96 valence electrons. The van der Waals surface area contributed by atoms with E-state index in [1.54, 1.807) is 6.92 Å². The lowest BCUT2D eigenvalue weighted by Gasteiger charge is -2.21. The predicted octanol–water partition coefficient (Wildman–Crippen LogP) is 3.16. The van der Waals surface area contributed by atoms with Crippen LogP contribution >= 0.6 is 0 Å². The number of hydrogen-bond donors (Lipinski definition) is 2. The van der Waals surface area contributed by atoms with Crippen LogP contribution < -0.4 is 0 Å². The van der Waals surface area contributed by atoms with Crippen LogP contribution in [0.2, 0.25) is 0 Å². The summed E-state index contributed by atoms with van der Waals surface area (Å²) < 4.78 is 0. The van der Waals surface area contributed by atoms with E-state index in [1.807, 2.05) is 18.2 Å². The van der Waals surface area contributed by atoms with Gasteiger partial charge >= 0.3 is 0 Å². The van der Waals surface area contributed by atoms with E-state index in [9.17, 15) is 10.2 Å². The first kappa shape index (κ1) is 13.1. The third kappa shape index (κ3) is 2.40. The van der Waals surface area contributed by atoms with Crippen LogP contribution in [0.15, 0.2) is 36.4 Å². The molecule has 0 fully saturated rings. The normalized spacial score (nSPS) is 15.0. The van der Waals surface area contributed by atoms with E-state index in [-0.39, 0.29) is 6.61 Å². The molecule has 2 aromatic carbocycles. The topological polar surface area (TPSA) is 40.5 Å². The molecule has 2 aromatic rings.